The Balaban J connectivity index is 1.54. The lowest BCUT2D eigenvalue weighted by Crippen LogP contribution is -2.68. The Morgan fingerprint density at radius 3 is 2.33 bits per heavy atom. The molecule has 0 aromatic heterocycles. The van der Waals surface area contributed by atoms with Crippen LogP contribution in [0.15, 0.2) is 18.2 Å². The molecule has 2 atom stereocenters. The zero-order chi connectivity index (χ0) is 18.6. The van der Waals surface area contributed by atoms with Gasteiger partial charge in [-0.05, 0) is 63.9 Å². The van der Waals surface area contributed by atoms with Gasteiger partial charge in [-0.15, -0.1) is 0 Å². The van der Waals surface area contributed by atoms with Gasteiger partial charge in [-0.3, -0.25) is 10.1 Å². The van der Waals surface area contributed by atoms with E-state index in [1.807, 2.05) is 19.9 Å². The van der Waals surface area contributed by atoms with Gasteiger partial charge in [0.2, 0.25) is 0 Å². The Hall–Kier alpha value is -1.66. The van der Waals surface area contributed by atoms with Gasteiger partial charge in [0.25, 0.3) is 5.69 Å². The highest BCUT2D eigenvalue weighted by atomic mass is 16.8. The largest absolute Gasteiger partial charge is 0.483 e. The van der Waals surface area contributed by atoms with Crippen LogP contribution in [0.1, 0.15) is 57.6 Å². The average molecular weight is 371 g/mol. The predicted molar refractivity (Wildman–Crippen MR) is 96.3 cm³/mol. The van der Waals surface area contributed by atoms with Gasteiger partial charge in [-0.25, -0.2) is 0 Å². The topological polar surface area (TPSA) is 70.8 Å². The monoisotopic (exact) mass is 371 g/mol. The van der Waals surface area contributed by atoms with Crippen LogP contribution in [-0.2, 0) is 9.47 Å². The Bertz CT molecular complexity index is 806. The highest BCUT2D eigenvalue weighted by Gasteiger charge is 2.69. The molecule has 2 aliphatic heterocycles. The van der Waals surface area contributed by atoms with Crippen LogP contribution < -0.4 is 4.74 Å². The number of ether oxygens (including phenoxy) is 3. The van der Waals surface area contributed by atoms with E-state index in [-0.39, 0.29) is 16.7 Å². The summed E-state index contributed by atoms with van der Waals surface area (Å²) in [5, 5.41) is 11.7. The standard InChI is InChI=1S/C21H25NO5/c1-20(2)26-18-17-15(22(23)24)4-3-5-16(17)25-21(19(18)27-20)13-7-11-6-12(9-13)10-14(21)8-11/h3-5,11-14,18-19H,6-10H2,1-2H3/t11?,12?,13?,14?,18-,19-,21?/m1/s1. The van der Waals surface area contributed by atoms with Crippen LogP contribution in [0.4, 0.5) is 5.69 Å². The summed E-state index contributed by atoms with van der Waals surface area (Å²) in [7, 11) is 0. The van der Waals surface area contributed by atoms with Gasteiger partial charge in [-0.2, -0.15) is 0 Å². The summed E-state index contributed by atoms with van der Waals surface area (Å²) < 4.78 is 19.5. The zero-order valence-electron chi connectivity index (χ0n) is 15.7. The molecule has 0 unspecified atom stereocenters. The fourth-order valence-corrected chi connectivity index (χ4v) is 7.17. The smallest absolute Gasteiger partial charge is 0.279 e. The third-order valence-corrected chi connectivity index (χ3v) is 7.77. The van der Waals surface area contributed by atoms with Crippen molar-refractivity contribution < 1.29 is 19.1 Å². The van der Waals surface area contributed by atoms with E-state index >= 15 is 0 Å². The number of nitro benzene ring substituents is 1. The first kappa shape index (κ1) is 16.3. The SMILES string of the molecule is CC1(C)O[C@@H]2c3c(cccc3[N+](=O)[O-])OC3(C4CC5CC(C4)CC3C5)[C@@H]2O1. The van der Waals surface area contributed by atoms with Crippen molar-refractivity contribution >= 4 is 5.69 Å². The molecule has 6 nitrogen and oxygen atoms in total. The van der Waals surface area contributed by atoms with Gasteiger partial charge in [0.1, 0.15) is 29.1 Å². The Morgan fingerprint density at radius 1 is 1.04 bits per heavy atom. The molecule has 0 N–H and O–H groups in total. The molecule has 1 aromatic carbocycles. The van der Waals surface area contributed by atoms with Gasteiger partial charge in [0, 0.05) is 17.9 Å². The molecule has 0 radical (unpaired) electrons. The second-order valence-corrected chi connectivity index (χ2v) is 9.68. The lowest BCUT2D eigenvalue weighted by Gasteiger charge is -2.63. The number of nitrogens with zero attached hydrogens (tertiary/aromatic N) is 1. The highest BCUT2D eigenvalue weighted by Crippen LogP contribution is 2.66. The Morgan fingerprint density at radius 2 is 1.70 bits per heavy atom. The van der Waals surface area contributed by atoms with E-state index in [9.17, 15) is 10.1 Å². The number of nitro groups is 1. The average Bonchev–Trinajstić information content (AvgIpc) is 2.93. The first-order valence-electron chi connectivity index (χ1n) is 10.2. The second kappa shape index (κ2) is 5.03. The van der Waals surface area contributed by atoms with E-state index in [4.69, 9.17) is 14.2 Å². The zero-order valence-corrected chi connectivity index (χ0v) is 15.7. The summed E-state index contributed by atoms with van der Waals surface area (Å²) in [6.45, 7) is 3.81. The molecule has 4 saturated carbocycles. The molecular weight excluding hydrogens is 346 g/mol. The van der Waals surface area contributed by atoms with Crippen LogP contribution in [0, 0.1) is 33.8 Å². The van der Waals surface area contributed by atoms with Crippen molar-refractivity contribution in [2.45, 2.75) is 69.5 Å². The molecule has 4 bridgehead atoms. The minimum absolute atomic E-state index is 0.0717. The van der Waals surface area contributed by atoms with Crippen LogP contribution in [0.25, 0.3) is 0 Å². The number of fused-ring (bicyclic) bond motifs is 3. The first-order valence-corrected chi connectivity index (χ1v) is 10.2. The number of hydrogen-bond donors (Lipinski definition) is 0. The van der Waals surface area contributed by atoms with Crippen molar-refractivity contribution in [1.82, 2.24) is 0 Å². The van der Waals surface area contributed by atoms with Gasteiger partial charge in [-0.1, -0.05) is 6.07 Å². The van der Waals surface area contributed by atoms with Crippen molar-refractivity contribution in [2.24, 2.45) is 23.7 Å². The summed E-state index contributed by atoms with van der Waals surface area (Å²) >= 11 is 0. The van der Waals surface area contributed by atoms with Crippen molar-refractivity contribution in [2.75, 3.05) is 0 Å². The van der Waals surface area contributed by atoms with Gasteiger partial charge >= 0.3 is 0 Å². The first-order chi connectivity index (χ1) is 12.9. The predicted octanol–water partition coefficient (Wildman–Crippen LogP) is 4.37. The normalized spacial score (nSPS) is 45.4. The van der Waals surface area contributed by atoms with E-state index in [1.54, 1.807) is 12.1 Å². The summed E-state index contributed by atoms with van der Waals surface area (Å²) in [6.07, 6.45) is 5.38. The molecular formula is C21H25NO5. The molecule has 5 fully saturated rings. The molecule has 2 heterocycles. The van der Waals surface area contributed by atoms with E-state index in [0.29, 0.717) is 23.1 Å². The van der Waals surface area contributed by atoms with Crippen LogP contribution in [0.3, 0.4) is 0 Å². The molecule has 1 spiro atoms. The third-order valence-electron chi connectivity index (χ3n) is 7.77. The van der Waals surface area contributed by atoms with Gasteiger partial charge in [0.15, 0.2) is 5.79 Å². The lowest BCUT2D eigenvalue weighted by molar-refractivity contribution is -0.386. The summed E-state index contributed by atoms with van der Waals surface area (Å²) in [4.78, 5) is 11.4. The molecule has 144 valence electrons. The molecule has 4 aliphatic carbocycles. The van der Waals surface area contributed by atoms with E-state index < -0.39 is 17.5 Å². The van der Waals surface area contributed by atoms with Crippen LogP contribution in [-0.4, -0.2) is 22.4 Å². The molecule has 1 aromatic rings. The lowest BCUT2D eigenvalue weighted by atomic mass is 9.47. The van der Waals surface area contributed by atoms with Crippen LogP contribution in [0.2, 0.25) is 0 Å². The quantitative estimate of drug-likeness (QED) is 0.541. The maximum atomic E-state index is 11.7. The third kappa shape index (κ3) is 2.03. The van der Waals surface area contributed by atoms with Crippen LogP contribution in [0.5, 0.6) is 5.75 Å². The fourth-order valence-electron chi connectivity index (χ4n) is 7.17. The maximum absolute atomic E-state index is 11.7. The molecule has 6 aliphatic rings. The fraction of sp³-hybridized carbons (Fsp3) is 0.714. The number of benzene rings is 1. The molecule has 7 rings (SSSR count). The summed E-state index contributed by atoms with van der Waals surface area (Å²) in [5.41, 5.74) is 0.216. The summed E-state index contributed by atoms with van der Waals surface area (Å²) in [5.74, 6) is 2.37. The molecule has 6 heteroatoms. The van der Waals surface area contributed by atoms with Crippen molar-refractivity contribution in [3.63, 3.8) is 0 Å². The Labute approximate surface area is 158 Å². The minimum Gasteiger partial charge on any atom is -0.483 e. The minimum atomic E-state index is -0.772. The van der Waals surface area contributed by atoms with Gasteiger partial charge < -0.3 is 14.2 Å². The molecule has 27 heavy (non-hydrogen) atoms. The summed E-state index contributed by atoms with van der Waals surface area (Å²) in [6, 6.07) is 5.14. The molecule has 0 amide bonds. The number of hydrogen-bond acceptors (Lipinski definition) is 5. The van der Waals surface area contributed by atoms with E-state index in [0.717, 1.165) is 11.8 Å². The van der Waals surface area contributed by atoms with Crippen LogP contribution >= 0.6 is 0 Å². The van der Waals surface area contributed by atoms with Gasteiger partial charge in [0.05, 0.1) is 4.92 Å². The van der Waals surface area contributed by atoms with Crippen molar-refractivity contribution in [1.29, 1.82) is 0 Å². The van der Waals surface area contributed by atoms with Crippen molar-refractivity contribution in [3.8, 4) is 5.75 Å². The van der Waals surface area contributed by atoms with E-state index in [1.165, 1.54) is 32.1 Å². The Kier molecular flexibility index (Phi) is 3.04. The number of rotatable bonds is 1. The maximum Gasteiger partial charge on any atom is 0.279 e. The van der Waals surface area contributed by atoms with E-state index in [2.05, 4.69) is 0 Å². The highest BCUT2D eigenvalue weighted by molar-refractivity contribution is 5.54. The van der Waals surface area contributed by atoms with Crippen molar-refractivity contribution in [3.05, 3.63) is 33.9 Å². The molecule has 1 saturated heterocycles. The second-order valence-electron chi connectivity index (χ2n) is 9.68.